The van der Waals surface area contributed by atoms with E-state index in [1.807, 2.05) is 22.7 Å². The van der Waals surface area contributed by atoms with E-state index in [1.165, 1.54) is 214 Å². The average Bonchev–Trinajstić information content (AvgIpc) is 3.82. The summed E-state index contributed by atoms with van der Waals surface area (Å²) in [5, 5.41) is 3.08. The Morgan fingerprint density at radius 1 is 0.429 bits per heavy atom. The van der Waals surface area contributed by atoms with Gasteiger partial charge in [0.2, 0.25) is 0 Å². The van der Waals surface area contributed by atoms with Crippen LogP contribution in [0.15, 0.2) is 24.3 Å². The van der Waals surface area contributed by atoms with Gasteiger partial charge in [-0.05, 0) is 105 Å². The lowest BCUT2D eigenvalue weighted by atomic mass is 9.91. The van der Waals surface area contributed by atoms with Gasteiger partial charge in [-0.15, -0.1) is 22.7 Å². The first-order chi connectivity index (χ1) is 27.5. The van der Waals surface area contributed by atoms with E-state index in [0.717, 1.165) is 23.9 Å². The van der Waals surface area contributed by atoms with Crippen molar-refractivity contribution in [3.05, 3.63) is 57.2 Å². The van der Waals surface area contributed by atoms with Crippen LogP contribution in [0, 0.1) is 13.8 Å². The molecule has 0 amide bonds. The maximum absolute atomic E-state index is 5.65. The number of unbranched alkanes of at least 4 members (excludes halogenated alkanes) is 20. The Hall–Kier alpha value is -2.30. The molecule has 0 fully saturated rings. The Labute approximate surface area is 351 Å². The molecule has 0 saturated heterocycles. The number of hydrogen-bond acceptors (Lipinski definition) is 4. The minimum absolute atomic E-state index is 1.05. The summed E-state index contributed by atoms with van der Waals surface area (Å²) in [6, 6.07) is 9.82. The number of aromatic nitrogens is 2. The highest BCUT2D eigenvalue weighted by Gasteiger charge is 2.21. The van der Waals surface area contributed by atoms with Crippen molar-refractivity contribution in [1.82, 2.24) is 9.97 Å². The van der Waals surface area contributed by atoms with Crippen LogP contribution in [-0.2, 0) is 25.7 Å². The van der Waals surface area contributed by atoms with Crippen LogP contribution < -0.4 is 0 Å². The number of rotatable bonds is 29. The summed E-state index contributed by atoms with van der Waals surface area (Å²) in [5.41, 5.74) is 10.7. The fraction of sp³-hybridized carbons (Fsp3) is 0.654. The van der Waals surface area contributed by atoms with E-state index in [0.29, 0.717) is 0 Å². The molecule has 0 bridgehead atoms. The quantitative estimate of drug-likeness (QED) is 0.0451. The Bertz CT molecular complexity index is 1890. The summed E-state index contributed by atoms with van der Waals surface area (Å²) in [4.78, 5) is 14.0. The second-order valence-corrected chi connectivity index (χ2v) is 19.5. The fourth-order valence-corrected chi connectivity index (χ4v) is 11.4. The highest BCUT2D eigenvalue weighted by Crippen LogP contribution is 2.46. The number of hydrogen-bond donors (Lipinski definition) is 0. The summed E-state index contributed by atoms with van der Waals surface area (Å²) < 4.78 is 3.03. The largest absolute Gasteiger partial charge is 0.249 e. The van der Waals surface area contributed by atoms with E-state index in [-0.39, 0.29) is 0 Å². The van der Waals surface area contributed by atoms with Gasteiger partial charge in [0, 0.05) is 15.3 Å². The second kappa shape index (κ2) is 24.6. The maximum atomic E-state index is 5.65. The smallest absolute Gasteiger partial charge is 0.0979 e. The van der Waals surface area contributed by atoms with Crippen molar-refractivity contribution in [3.8, 4) is 10.4 Å². The molecule has 3 aromatic heterocycles. The zero-order valence-corrected chi connectivity index (χ0v) is 38.5. The molecule has 5 aromatic rings. The van der Waals surface area contributed by atoms with Crippen LogP contribution in [-0.4, -0.2) is 9.97 Å². The average molecular weight is 795 g/mol. The van der Waals surface area contributed by atoms with Crippen molar-refractivity contribution in [2.45, 2.75) is 221 Å². The van der Waals surface area contributed by atoms with Crippen molar-refractivity contribution in [1.29, 1.82) is 0 Å². The third-order valence-corrected chi connectivity index (χ3v) is 14.7. The minimum Gasteiger partial charge on any atom is -0.249 e. The van der Waals surface area contributed by atoms with Crippen molar-refractivity contribution < 1.29 is 0 Å². The van der Waals surface area contributed by atoms with Crippen LogP contribution in [0.4, 0.5) is 0 Å². The first-order valence-electron chi connectivity index (χ1n) is 23.8. The highest BCUT2D eigenvalue weighted by molar-refractivity contribution is 7.29. The molecule has 308 valence electrons. The molecular formula is C52H78N2S2. The second-order valence-electron chi connectivity index (χ2n) is 17.2. The number of benzene rings is 2. The molecule has 2 nitrogen and oxygen atoms in total. The van der Waals surface area contributed by atoms with Crippen LogP contribution in [0.1, 0.15) is 215 Å². The lowest BCUT2D eigenvalue weighted by Crippen LogP contribution is -2.05. The Balaban J connectivity index is 1.54. The Morgan fingerprint density at radius 2 is 0.839 bits per heavy atom. The van der Waals surface area contributed by atoms with E-state index in [1.54, 1.807) is 16.5 Å². The third-order valence-electron chi connectivity index (χ3n) is 12.3. The van der Waals surface area contributed by atoms with Gasteiger partial charge in [0.25, 0.3) is 0 Å². The molecule has 0 N–H and O–H groups in total. The van der Waals surface area contributed by atoms with Gasteiger partial charge in [0.15, 0.2) is 0 Å². The van der Waals surface area contributed by atoms with Crippen LogP contribution in [0.5, 0.6) is 0 Å². The van der Waals surface area contributed by atoms with E-state index in [9.17, 15) is 0 Å². The molecule has 0 radical (unpaired) electrons. The number of thiophene rings is 2. The number of fused-ring (bicyclic) bond motifs is 4. The summed E-state index contributed by atoms with van der Waals surface area (Å²) in [6.45, 7) is 13.8. The first kappa shape index (κ1) is 44.8. The predicted molar refractivity (Wildman–Crippen MR) is 254 cm³/mol. The molecule has 0 aliphatic carbocycles. The summed E-state index contributed by atoms with van der Waals surface area (Å²) in [6.07, 6.45) is 36.5. The van der Waals surface area contributed by atoms with Gasteiger partial charge in [0.1, 0.15) is 0 Å². The van der Waals surface area contributed by atoms with Crippen LogP contribution >= 0.6 is 22.7 Å². The summed E-state index contributed by atoms with van der Waals surface area (Å²) in [7, 11) is 0. The molecule has 0 aliphatic rings. The zero-order valence-electron chi connectivity index (χ0n) is 36.8. The number of nitrogens with zero attached hydrogens (tertiary/aromatic N) is 2. The summed E-state index contributed by atoms with van der Waals surface area (Å²) >= 11 is 4.05. The third kappa shape index (κ3) is 12.6. The van der Waals surface area contributed by atoms with Crippen molar-refractivity contribution >= 4 is 53.9 Å². The van der Waals surface area contributed by atoms with E-state index in [2.05, 4.69) is 65.8 Å². The summed E-state index contributed by atoms with van der Waals surface area (Å²) in [5.74, 6) is 0. The zero-order chi connectivity index (χ0) is 39.5. The lowest BCUT2D eigenvalue weighted by Gasteiger charge is -2.14. The molecule has 2 aromatic carbocycles. The molecule has 0 aliphatic heterocycles. The monoisotopic (exact) mass is 795 g/mol. The molecule has 5 rings (SSSR count). The molecule has 3 heterocycles. The molecule has 0 spiro atoms. The van der Waals surface area contributed by atoms with Gasteiger partial charge in [-0.1, -0.05) is 168 Å². The van der Waals surface area contributed by atoms with Crippen molar-refractivity contribution in [2.75, 3.05) is 0 Å². The van der Waals surface area contributed by atoms with Gasteiger partial charge < -0.3 is 0 Å². The van der Waals surface area contributed by atoms with Crippen molar-refractivity contribution in [3.63, 3.8) is 0 Å². The molecule has 0 saturated carbocycles. The van der Waals surface area contributed by atoms with Gasteiger partial charge in [-0.25, -0.2) is 9.97 Å². The van der Waals surface area contributed by atoms with Crippen LogP contribution in [0.2, 0.25) is 0 Å². The standard InChI is InChI=1S/C52H78N2S2/c1-7-11-15-19-23-27-31-41-42(32-28-24-20-16-12-8-2)45-38-48(56-52(45)51-44(41)37-40(6)55-51)43-36-35-39(5)49-50(43)54-47(34-30-26-22-18-14-10-4)46(53-49)33-29-25-21-17-13-9-3/h35-38H,7-34H2,1-6H3. The molecule has 56 heavy (non-hydrogen) atoms. The normalized spacial score (nSPS) is 12.0. The molecular weight excluding hydrogens is 717 g/mol. The van der Waals surface area contributed by atoms with Crippen molar-refractivity contribution in [2.24, 2.45) is 0 Å². The maximum Gasteiger partial charge on any atom is 0.0979 e. The lowest BCUT2D eigenvalue weighted by molar-refractivity contribution is 0.593. The number of aryl methyl sites for hydroxylation is 6. The molecule has 0 unspecified atom stereocenters. The Morgan fingerprint density at radius 3 is 1.34 bits per heavy atom. The van der Waals surface area contributed by atoms with E-state index < -0.39 is 0 Å². The highest BCUT2D eigenvalue weighted by atomic mass is 32.1. The molecule has 0 atom stereocenters. The van der Waals surface area contributed by atoms with Gasteiger partial charge >= 0.3 is 0 Å². The first-order valence-corrected chi connectivity index (χ1v) is 25.4. The topological polar surface area (TPSA) is 25.8 Å². The Kier molecular flexibility index (Phi) is 19.7. The van der Waals surface area contributed by atoms with E-state index in [4.69, 9.17) is 9.97 Å². The van der Waals surface area contributed by atoms with E-state index >= 15 is 0 Å². The van der Waals surface area contributed by atoms with Crippen LogP contribution in [0.3, 0.4) is 0 Å². The van der Waals surface area contributed by atoms with Crippen LogP contribution in [0.25, 0.3) is 41.6 Å². The fourth-order valence-electron chi connectivity index (χ4n) is 8.96. The SMILES string of the molecule is CCCCCCCCc1nc2c(C)ccc(-c3cc4c(CCCCCCCC)c(CCCCCCCC)c5cc(C)sc5c4s3)c2nc1CCCCCCCC. The van der Waals surface area contributed by atoms with Gasteiger partial charge in [0.05, 0.1) is 31.8 Å². The minimum atomic E-state index is 1.05. The molecule has 4 heteroatoms. The predicted octanol–water partition coefficient (Wildman–Crippen LogP) is 18.0. The van der Waals surface area contributed by atoms with Gasteiger partial charge in [-0.3, -0.25) is 0 Å². The van der Waals surface area contributed by atoms with Gasteiger partial charge in [-0.2, -0.15) is 0 Å².